The molecule has 78 valence electrons. The summed E-state index contributed by atoms with van der Waals surface area (Å²) in [6, 6.07) is 0. The average Bonchev–Trinajstić information content (AvgIpc) is 2.68. The molecule has 0 amide bonds. The van der Waals surface area contributed by atoms with E-state index in [1.54, 1.807) is 18.7 Å². The lowest BCUT2D eigenvalue weighted by Crippen LogP contribution is -2.18. The van der Waals surface area contributed by atoms with Crippen LogP contribution in [0.2, 0.25) is 0 Å². The minimum Gasteiger partial charge on any atom is -0.411 e. The van der Waals surface area contributed by atoms with E-state index in [4.69, 9.17) is 5.21 Å². The molecule has 1 rings (SSSR count). The third-order valence-electron chi connectivity index (χ3n) is 2.61. The molecule has 14 heavy (non-hydrogen) atoms. The van der Waals surface area contributed by atoms with Crippen molar-refractivity contribution in [2.75, 3.05) is 0 Å². The fraction of sp³-hybridized carbons (Fsp3) is 0.600. The van der Waals surface area contributed by atoms with Gasteiger partial charge in [0.25, 0.3) is 0 Å². The van der Waals surface area contributed by atoms with E-state index in [9.17, 15) is 0 Å². The summed E-state index contributed by atoms with van der Waals surface area (Å²) in [7, 11) is 0. The standard InChI is InChI=1S/C10H17N3O/c1-3-9(2)10(6-12-14)7-13-5-4-11-8-13/h4-6,8-10,14H,3,7H2,1-2H3. The SMILES string of the molecule is CCC(C)C(C=NO)Cn1ccnc1. The van der Waals surface area contributed by atoms with Gasteiger partial charge in [0.1, 0.15) is 0 Å². The van der Waals surface area contributed by atoms with Crippen molar-refractivity contribution >= 4 is 6.21 Å². The summed E-state index contributed by atoms with van der Waals surface area (Å²) in [5, 5.41) is 11.7. The van der Waals surface area contributed by atoms with Crippen molar-refractivity contribution in [3.8, 4) is 0 Å². The predicted octanol–water partition coefficient (Wildman–Crippen LogP) is 2.01. The Morgan fingerprint density at radius 1 is 1.64 bits per heavy atom. The van der Waals surface area contributed by atoms with Crippen molar-refractivity contribution in [3.63, 3.8) is 0 Å². The minimum absolute atomic E-state index is 0.263. The Morgan fingerprint density at radius 2 is 2.43 bits per heavy atom. The molecule has 0 radical (unpaired) electrons. The molecule has 0 spiro atoms. The van der Waals surface area contributed by atoms with Crippen molar-refractivity contribution in [3.05, 3.63) is 18.7 Å². The highest BCUT2D eigenvalue weighted by molar-refractivity contribution is 5.60. The largest absolute Gasteiger partial charge is 0.411 e. The second kappa shape index (κ2) is 5.42. The van der Waals surface area contributed by atoms with Crippen LogP contribution in [0.25, 0.3) is 0 Å². The van der Waals surface area contributed by atoms with E-state index in [1.165, 1.54) is 0 Å². The first-order chi connectivity index (χ1) is 6.77. The molecule has 2 unspecified atom stereocenters. The van der Waals surface area contributed by atoms with Crippen LogP contribution in [0.15, 0.2) is 23.9 Å². The third-order valence-corrected chi connectivity index (χ3v) is 2.61. The number of aromatic nitrogens is 2. The highest BCUT2D eigenvalue weighted by atomic mass is 16.4. The van der Waals surface area contributed by atoms with Crippen molar-refractivity contribution in [1.29, 1.82) is 0 Å². The predicted molar refractivity (Wildman–Crippen MR) is 55.5 cm³/mol. The lowest BCUT2D eigenvalue weighted by molar-refractivity contribution is 0.309. The van der Waals surface area contributed by atoms with E-state index in [-0.39, 0.29) is 5.92 Å². The molecule has 0 aliphatic heterocycles. The molecular weight excluding hydrogens is 178 g/mol. The molecule has 1 aromatic rings. The van der Waals surface area contributed by atoms with Gasteiger partial charge in [-0.2, -0.15) is 0 Å². The van der Waals surface area contributed by atoms with Crippen LogP contribution in [0.4, 0.5) is 0 Å². The van der Waals surface area contributed by atoms with Crippen LogP contribution in [0.3, 0.4) is 0 Å². The number of hydrogen-bond acceptors (Lipinski definition) is 3. The van der Waals surface area contributed by atoms with E-state index >= 15 is 0 Å². The zero-order valence-electron chi connectivity index (χ0n) is 8.67. The number of rotatable bonds is 5. The van der Waals surface area contributed by atoms with E-state index in [2.05, 4.69) is 24.0 Å². The molecule has 0 aromatic carbocycles. The average molecular weight is 195 g/mol. The summed E-state index contributed by atoms with van der Waals surface area (Å²) in [5.74, 6) is 0.771. The fourth-order valence-corrected chi connectivity index (χ4v) is 1.40. The summed E-state index contributed by atoms with van der Waals surface area (Å²) >= 11 is 0. The second-order valence-electron chi connectivity index (χ2n) is 3.57. The van der Waals surface area contributed by atoms with Gasteiger partial charge in [-0.05, 0) is 5.92 Å². The van der Waals surface area contributed by atoms with Gasteiger partial charge < -0.3 is 9.77 Å². The van der Waals surface area contributed by atoms with Gasteiger partial charge in [0, 0.05) is 31.1 Å². The van der Waals surface area contributed by atoms with Crippen LogP contribution in [0.5, 0.6) is 0 Å². The van der Waals surface area contributed by atoms with Crippen molar-refractivity contribution in [2.45, 2.75) is 26.8 Å². The smallest absolute Gasteiger partial charge is 0.0946 e. The van der Waals surface area contributed by atoms with Gasteiger partial charge in [0.2, 0.25) is 0 Å². The quantitative estimate of drug-likeness (QED) is 0.444. The van der Waals surface area contributed by atoms with Gasteiger partial charge in [0.05, 0.1) is 6.33 Å². The second-order valence-corrected chi connectivity index (χ2v) is 3.57. The summed E-state index contributed by atoms with van der Waals surface area (Å²) in [6.45, 7) is 5.11. The highest BCUT2D eigenvalue weighted by Crippen LogP contribution is 2.15. The van der Waals surface area contributed by atoms with Gasteiger partial charge in [0.15, 0.2) is 0 Å². The molecule has 0 aliphatic carbocycles. The Bertz CT molecular complexity index is 269. The Hall–Kier alpha value is -1.32. The molecular formula is C10H17N3O. The number of nitrogens with zero attached hydrogens (tertiary/aromatic N) is 3. The molecule has 0 saturated heterocycles. The lowest BCUT2D eigenvalue weighted by Gasteiger charge is -2.18. The Kier molecular flexibility index (Phi) is 4.16. The molecule has 4 heteroatoms. The van der Waals surface area contributed by atoms with Crippen molar-refractivity contribution in [1.82, 2.24) is 9.55 Å². The number of oxime groups is 1. The first kappa shape index (κ1) is 10.8. The van der Waals surface area contributed by atoms with Gasteiger partial charge in [-0.25, -0.2) is 4.98 Å². The molecule has 0 fully saturated rings. The maximum Gasteiger partial charge on any atom is 0.0946 e. The first-order valence-corrected chi connectivity index (χ1v) is 4.91. The van der Waals surface area contributed by atoms with Gasteiger partial charge in [-0.3, -0.25) is 0 Å². The molecule has 1 aromatic heterocycles. The Balaban J connectivity index is 2.60. The van der Waals surface area contributed by atoms with E-state index < -0.39 is 0 Å². The summed E-state index contributed by atoms with van der Waals surface area (Å²) in [6.07, 6.45) is 8.13. The summed E-state index contributed by atoms with van der Waals surface area (Å²) in [4.78, 5) is 3.98. The minimum atomic E-state index is 0.263. The molecule has 0 bridgehead atoms. The topological polar surface area (TPSA) is 50.4 Å². The molecule has 4 nitrogen and oxygen atoms in total. The van der Waals surface area contributed by atoms with Crippen LogP contribution in [0, 0.1) is 11.8 Å². The van der Waals surface area contributed by atoms with Crippen molar-refractivity contribution < 1.29 is 5.21 Å². The summed E-state index contributed by atoms with van der Waals surface area (Å²) < 4.78 is 2.00. The summed E-state index contributed by atoms with van der Waals surface area (Å²) in [5.41, 5.74) is 0. The van der Waals surface area contributed by atoms with E-state index in [0.717, 1.165) is 13.0 Å². The maximum absolute atomic E-state index is 8.55. The molecule has 1 heterocycles. The van der Waals surface area contributed by atoms with Crippen LogP contribution in [-0.4, -0.2) is 21.0 Å². The van der Waals surface area contributed by atoms with Crippen LogP contribution in [-0.2, 0) is 6.54 Å². The number of imidazole rings is 1. The van der Waals surface area contributed by atoms with E-state index in [0.29, 0.717) is 5.92 Å². The zero-order valence-corrected chi connectivity index (χ0v) is 8.67. The third kappa shape index (κ3) is 2.87. The van der Waals surface area contributed by atoms with Gasteiger partial charge in [-0.1, -0.05) is 20.3 Å². The maximum atomic E-state index is 8.55. The van der Waals surface area contributed by atoms with E-state index in [1.807, 2.05) is 10.8 Å². The van der Waals surface area contributed by atoms with Crippen LogP contribution >= 0.6 is 0 Å². The van der Waals surface area contributed by atoms with Crippen LogP contribution in [0.1, 0.15) is 20.3 Å². The zero-order chi connectivity index (χ0) is 10.4. The normalized spacial score (nSPS) is 15.9. The van der Waals surface area contributed by atoms with Crippen LogP contribution < -0.4 is 0 Å². The molecule has 0 saturated carbocycles. The fourth-order valence-electron chi connectivity index (χ4n) is 1.40. The Labute approximate surface area is 84.3 Å². The van der Waals surface area contributed by atoms with Gasteiger partial charge >= 0.3 is 0 Å². The number of hydrogen-bond donors (Lipinski definition) is 1. The first-order valence-electron chi connectivity index (χ1n) is 4.91. The Morgan fingerprint density at radius 3 is 2.93 bits per heavy atom. The van der Waals surface area contributed by atoms with Gasteiger partial charge in [-0.15, -0.1) is 5.16 Å². The molecule has 2 atom stereocenters. The highest BCUT2D eigenvalue weighted by Gasteiger charge is 2.14. The van der Waals surface area contributed by atoms with Crippen molar-refractivity contribution in [2.24, 2.45) is 17.0 Å². The monoisotopic (exact) mass is 195 g/mol. The molecule has 1 N–H and O–H groups in total. The lowest BCUT2D eigenvalue weighted by atomic mass is 9.93. The molecule has 0 aliphatic rings.